The van der Waals surface area contributed by atoms with E-state index in [4.69, 9.17) is 0 Å². The first-order valence-electron chi connectivity index (χ1n) is 5.18. The van der Waals surface area contributed by atoms with Crippen LogP contribution in [0.5, 0.6) is 0 Å². The minimum atomic E-state index is -0.482. The van der Waals surface area contributed by atoms with Crippen molar-refractivity contribution in [1.82, 2.24) is 10.6 Å². The third kappa shape index (κ3) is 2.91. The van der Waals surface area contributed by atoms with Crippen LogP contribution >= 0.6 is 0 Å². The topological polar surface area (TPSA) is 96.3 Å². The van der Waals surface area contributed by atoms with Crippen molar-refractivity contribution in [2.45, 2.75) is 6.04 Å². The summed E-state index contributed by atoms with van der Waals surface area (Å²) in [6.07, 6.45) is 0. The molecule has 7 heteroatoms. The number of nitrogens with zero attached hydrogens (tertiary/aromatic N) is 1. The smallest absolute Gasteiger partial charge is 0.319 e. The van der Waals surface area contributed by atoms with E-state index in [1.54, 1.807) is 0 Å². The van der Waals surface area contributed by atoms with Crippen LogP contribution in [0.2, 0.25) is 0 Å². The highest BCUT2D eigenvalue weighted by molar-refractivity contribution is 5.89. The molecule has 1 saturated heterocycles. The Bertz CT molecular complexity index is 428. The second-order valence-electron chi connectivity index (χ2n) is 3.76. The van der Waals surface area contributed by atoms with Crippen LogP contribution < -0.4 is 16.0 Å². The molecule has 0 aliphatic carbocycles. The molecule has 0 unspecified atom stereocenters. The number of nitrogens with one attached hydrogen (secondary N) is 3. The summed E-state index contributed by atoms with van der Waals surface area (Å²) in [6, 6.07) is 5.55. The molecule has 7 nitrogen and oxygen atoms in total. The Morgan fingerprint density at radius 3 is 2.47 bits per heavy atom. The van der Waals surface area contributed by atoms with Gasteiger partial charge in [-0.25, -0.2) is 4.79 Å². The van der Waals surface area contributed by atoms with E-state index in [9.17, 15) is 14.9 Å². The maximum absolute atomic E-state index is 11.5. The zero-order valence-corrected chi connectivity index (χ0v) is 8.97. The average molecular weight is 236 g/mol. The zero-order valence-electron chi connectivity index (χ0n) is 8.97. The molecule has 17 heavy (non-hydrogen) atoms. The number of hydrogen-bond acceptors (Lipinski definition) is 4. The van der Waals surface area contributed by atoms with Crippen molar-refractivity contribution in [2.24, 2.45) is 0 Å². The lowest BCUT2D eigenvalue weighted by Crippen LogP contribution is -2.57. The molecule has 2 amide bonds. The monoisotopic (exact) mass is 236 g/mol. The van der Waals surface area contributed by atoms with Gasteiger partial charge < -0.3 is 16.0 Å². The lowest BCUT2D eigenvalue weighted by molar-refractivity contribution is -0.384. The number of urea groups is 1. The van der Waals surface area contributed by atoms with Crippen LogP contribution in [0.25, 0.3) is 0 Å². The molecule has 1 fully saturated rings. The number of anilines is 1. The summed E-state index contributed by atoms with van der Waals surface area (Å²) in [5.74, 6) is 0. The number of nitro groups is 1. The molecule has 0 saturated carbocycles. The van der Waals surface area contributed by atoms with E-state index in [1.807, 2.05) is 0 Å². The molecule has 1 aromatic carbocycles. The van der Waals surface area contributed by atoms with E-state index in [2.05, 4.69) is 16.0 Å². The van der Waals surface area contributed by atoms with Crippen molar-refractivity contribution in [3.8, 4) is 0 Å². The predicted molar refractivity (Wildman–Crippen MR) is 61.9 cm³/mol. The Morgan fingerprint density at radius 1 is 1.35 bits per heavy atom. The Morgan fingerprint density at radius 2 is 2.00 bits per heavy atom. The van der Waals surface area contributed by atoms with Gasteiger partial charge in [0.05, 0.1) is 11.0 Å². The average Bonchev–Trinajstić information content (AvgIpc) is 2.24. The van der Waals surface area contributed by atoms with Crippen LogP contribution in [0.4, 0.5) is 16.2 Å². The Kier molecular flexibility index (Phi) is 3.20. The van der Waals surface area contributed by atoms with E-state index < -0.39 is 4.92 Å². The van der Waals surface area contributed by atoms with Gasteiger partial charge in [0.1, 0.15) is 0 Å². The minimum Gasteiger partial charge on any atom is -0.333 e. The van der Waals surface area contributed by atoms with Gasteiger partial charge >= 0.3 is 6.03 Å². The van der Waals surface area contributed by atoms with Crippen LogP contribution in [-0.4, -0.2) is 30.1 Å². The SMILES string of the molecule is O=C(Nc1ccc([N+](=O)[O-])cc1)NC1CNC1. The Labute approximate surface area is 97.3 Å². The highest BCUT2D eigenvalue weighted by atomic mass is 16.6. The molecule has 1 aromatic rings. The molecular formula is C10H12N4O3. The van der Waals surface area contributed by atoms with Gasteiger partial charge in [0.15, 0.2) is 0 Å². The molecule has 90 valence electrons. The summed E-state index contributed by atoms with van der Waals surface area (Å²) in [7, 11) is 0. The van der Waals surface area contributed by atoms with Crippen LogP contribution in [0.15, 0.2) is 24.3 Å². The second kappa shape index (κ2) is 4.79. The highest BCUT2D eigenvalue weighted by Gasteiger charge is 2.18. The quantitative estimate of drug-likeness (QED) is 0.531. The van der Waals surface area contributed by atoms with Gasteiger partial charge in [-0.2, -0.15) is 0 Å². The standard InChI is InChI=1S/C10H12N4O3/c15-10(13-8-5-11-6-8)12-7-1-3-9(4-2-7)14(16)17/h1-4,8,11H,5-6H2,(H2,12,13,15). The predicted octanol–water partition coefficient (Wildman–Crippen LogP) is 0.688. The van der Waals surface area contributed by atoms with Crippen LogP contribution in [-0.2, 0) is 0 Å². The minimum absolute atomic E-state index is 0.000786. The molecule has 1 aliphatic rings. The fourth-order valence-electron chi connectivity index (χ4n) is 1.41. The van der Waals surface area contributed by atoms with E-state index in [0.29, 0.717) is 5.69 Å². The number of hydrogen-bond donors (Lipinski definition) is 3. The fraction of sp³-hybridized carbons (Fsp3) is 0.300. The van der Waals surface area contributed by atoms with Crippen molar-refractivity contribution >= 4 is 17.4 Å². The first-order chi connectivity index (χ1) is 8.15. The number of carbonyl (C=O) groups excluding carboxylic acids is 1. The number of amides is 2. The van der Waals surface area contributed by atoms with Crippen LogP contribution in [0.1, 0.15) is 0 Å². The molecule has 0 spiro atoms. The van der Waals surface area contributed by atoms with E-state index in [1.165, 1.54) is 24.3 Å². The van der Waals surface area contributed by atoms with E-state index in [0.717, 1.165) is 13.1 Å². The summed E-state index contributed by atoms with van der Waals surface area (Å²) >= 11 is 0. The maximum atomic E-state index is 11.5. The van der Waals surface area contributed by atoms with Gasteiger partial charge in [-0.1, -0.05) is 0 Å². The molecule has 2 rings (SSSR count). The molecule has 0 aromatic heterocycles. The van der Waals surface area contributed by atoms with Crippen LogP contribution in [0.3, 0.4) is 0 Å². The van der Waals surface area contributed by atoms with E-state index in [-0.39, 0.29) is 17.8 Å². The van der Waals surface area contributed by atoms with Gasteiger partial charge in [-0.15, -0.1) is 0 Å². The van der Waals surface area contributed by atoms with Gasteiger partial charge in [-0.3, -0.25) is 10.1 Å². The summed E-state index contributed by atoms with van der Waals surface area (Å²) in [5, 5.41) is 18.8. The Balaban J connectivity index is 1.89. The summed E-state index contributed by atoms with van der Waals surface area (Å²) in [4.78, 5) is 21.4. The van der Waals surface area contributed by atoms with Gasteiger partial charge in [-0.05, 0) is 12.1 Å². The number of nitro benzene ring substituents is 1. The van der Waals surface area contributed by atoms with Crippen molar-refractivity contribution in [1.29, 1.82) is 0 Å². The second-order valence-corrected chi connectivity index (χ2v) is 3.76. The molecule has 1 heterocycles. The molecule has 0 bridgehead atoms. The number of benzene rings is 1. The molecular weight excluding hydrogens is 224 g/mol. The van der Waals surface area contributed by atoms with Gasteiger partial charge in [0, 0.05) is 30.9 Å². The van der Waals surface area contributed by atoms with Crippen LogP contribution in [0, 0.1) is 10.1 Å². The van der Waals surface area contributed by atoms with Gasteiger partial charge in [0.25, 0.3) is 5.69 Å². The number of non-ortho nitro benzene ring substituents is 1. The Hall–Kier alpha value is -2.15. The first-order valence-corrected chi connectivity index (χ1v) is 5.18. The highest BCUT2D eigenvalue weighted by Crippen LogP contribution is 2.15. The molecule has 3 N–H and O–H groups in total. The molecule has 0 atom stereocenters. The third-order valence-corrected chi connectivity index (χ3v) is 2.45. The van der Waals surface area contributed by atoms with Crippen molar-refractivity contribution in [2.75, 3.05) is 18.4 Å². The third-order valence-electron chi connectivity index (χ3n) is 2.45. The number of carbonyl (C=O) groups is 1. The lowest BCUT2D eigenvalue weighted by Gasteiger charge is -2.27. The largest absolute Gasteiger partial charge is 0.333 e. The van der Waals surface area contributed by atoms with Gasteiger partial charge in [0.2, 0.25) is 0 Å². The summed E-state index contributed by atoms with van der Waals surface area (Å²) in [6.45, 7) is 1.54. The normalized spacial score (nSPS) is 14.8. The summed E-state index contributed by atoms with van der Waals surface area (Å²) in [5.41, 5.74) is 0.527. The van der Waals surface area contributed by atoms with Crippen molar-refractivity contribution in [3.05, 3.63) is 34.4 Å². The van der Waals surface area contributed by atoms with Crippen molar-refractivity contribution < 1.29 is 9.72 Å². The maximum Gasteiger partial charge on any atom is 0.319 e. The fourth-order valence-corrected chi connectivity index (χ4v) is 1.41. The van der Waals surface area contributed by atoms with E-state index >= 15 is 0 Å². The molecule has 0 radical (unpaired) electrons. The number of rotatable bonds is 3. The zero-order chi connectivity index (χ0) is 12.3. The lowest BCUT2D eigenvalue weighted by atomic mass is 10.2. The summed E-state index contributed by atoms with van der Waals surface area (Å²) < 4.78 is 0. The van der Waals surface area contributed by atoms with Crippen molar-refractivity contribution in [3.63, 3.8) is 0 Å². The first kappa shape index (κ1) is 11.3. The molecule has 1 aliphatic heterocycles.